The van der Waals surface area contributed by atoms with Crippen molar-refractivity contribution in [3.63, 3.8) is 0 Å². The number of sulfonamides is 1. The van der Waals surface area contributed by atoms with E-state index >= 15 is 0 Å². The van der Waals surface area contributed by atoms with Crippen LogP contribution < -0.4 is 14.5 Å². The third-order valence-corrected chi connectivity index (χ3v) is 7.04. The van der Waals surface area contributed by atoms with Gasteiger partial charge in [-0.15, -0.1) is 0 Å². The molecular formula is C22H27N3O4S. The molecule has 4 rings (SSSR count). The van der Waals surface area contributed by atoms with Crippen LogP contribution in [0.15, 0.2) is 47.4 Å². The van der Waals surface area contributed by atoms with E-state index in [1.54, 1.807) is 23.1 Å². The summed E-state index contributed by atoms with van der Waals surface area (Å²) in [7, 11) is -3.63. The number of rotatable bonds is 6. The van der Waals surface area contributed by atoms with Crippen molar-refractivity contribution in [1.29, 1.82) is 0 Å². The molecule has 2 aromatic carbocycles. The highest BCUT2D eigenvalue weighted by atomic mass is 32.2. The maximum absolute atomic E-state index is 12.8. The number of anilines is 2. The first-order chi connectivity index (χ1) is 14.5. The molecule has 0 unspecified atom stereocenters. The fourth-order valence-electron chi connectivity index (χ4n) is 3.90. The van der Waals surface area contributed by atoms with E-state index in [4.69, 9.17) is 4.74 Å². The normalized spacial score (nSPS) is 16.6. The lowest BCUT2D eigenvalue weighted by molar-refractivity contribution is -0.118. The number of carbonyl (C=O) groups excluding carboxylic acids is 1. The first-order valence-corrected chi connectivity index (χ1v) is 11.8. The van der Waals surface area contributed by atoms with Gasteiger partial charge in [-0.25, -0.2) is 13.1 Å². The van der Waals surface area contributed by atoms with Gasteiger partial charge in [0.1, 0.15) is 0 Å². The number of nitrogens with one attached hydrogen (secondary N) is 1. The summed E-state index contributed by atoms with van der Waals surface area (Å²) in [5.41, 5.74) is 3.74. The highest BCUT2D eigenvalue weighted by Gasteiger charge is 2.25. The molecule has 2 heterocycles. The molecule has 0 atom stereocenters. The summed E-state index contributed by atoms with van der Waals surface area (Å²) in [6.07, 6.45) is 1.11. The highest BCUT2D eigenvalue weighted by molar-refractivity contribution is 7.89. The van der Waals surface area contributed by atoms with Gasteiger partial charge in [0.05, 0.1) is 18.1 Å². The lowest BCUT2D eigenvalue weighted by Crippen LogP contribution is -2.36. The molecule has 0 saturated carbocycles. The molecule has 2 aromatic rings. The Bertz CT molecular complexity index is 1020. The van der Waals surface area contributed by atoms with Crippen LogP contribution in [0, 0.1) is 0 Å². The topological polar surface area (TPSA) is 79.0 Å². The fraction of sp³-hybridized carbons (Fsp3) is 0.409. The van der Waals surface area contributed by atoms with Crippen molar-refractivity contribution in [2.75, 3.05) is 42.6 Å². The van der Waals surface area contributed by atoms with Gasteiger partial charge in [-0.05, 0) is 47.9 Å². The van der Waals surface area contributed by atoms with Crippen molar-refractivity contribution in [2.24, 2.45) is 0 Å². The Morgan fingerprint density at radius 3 is 2.50 bits per heavy atom. The summed E-state index contributed by atoms with van der Waals surface area (Å²) < 4.78 is 33.6. The van der Waals surface area contributed by atoms with Crippen molar-refractivity contribution >= 4 is 27.3 Å². The maximum Gasteiger partial charge on any atom is 0.240 e. The molecule has 2 aliphatic heterocycles. The molecule has 0 radical (unpaired) electrons. The molecule has 0 aromatic heterocycles. The van der Waals surface area contributed by atoms with E-state index in [1.165, 1.54) is 0 Å². The molecule has 160 valence electrons. The predicted molar refractivity (Wildman–Crippen MR) is 116 cm³/mol. The average molecular weight is 430 g/mol. The van der Waals surface area contributed by atoms with E-state index in [0.717, 1.165) is 48.8 Å². The van der Waals surface area contributed by atoms with Gasteiger partial charge in [-0.1, -0.05) is 19.1 Å². The molecule has 7 nitrogen and oxygen atoms in total. The van der Waals surface area contributed by atoms with Crippen molar-refractivity contribution in [2.45, 2.75) is 31.2 Å². The Hall–Kier alpha value is -2.42. The van der Waals surface area contributed by atoms with Crippen LogP contribution in [0.25, 0.3) is 0 Å². The number of benzene rings is 2. The van der Waals surface area contributed by atoms with Gasteiger partial charge in [-0.3, -0.25) is 4.79 Å². The quantitative estimate of drug-likeness (QED) is 0.762. The standard InChI is InChI=1S/C22H27N3O4S/c1-2-22(26)25-10-9-18-15-20(7-8-21(18)25)30(27,28)23-16-17-3-5-19(6-4-17)24-11-13-29-14-12-24/h3-8,15,23H,2,9-14,16H2,1H3. The Morgan fingerprint density at radius 1 is 1.07 bits per heavy atom. The van der Waals surface area contributed by atoms with Crippen LogP contribution in [0.2, 0.25) is 0 Å². The van der Waals surface area contributed by atoms with Crippen LogP contribution in [-0.4, -0.2) is 47.2 Å². The summed E-state index contributed by atoms with van der Waals surface area (Å²) in [6, 6.07) is 12.9. The number of ether oxygens (including phenoxy) is 1. The molecule has 1 amide bonds. The first kappa shape index (κ1) is 20.8. The second-order valence-electron chi connectivity index (χ2n) is 7.53. The predicted octanol–water partition coefficient (Wildman–Crippen LogP) is 2.30. The first-order valence-electron chi connectivity index (χ1n) is 10.3. The second kappa shape index (κ2) is 8.75. The lowest BCUT2D eigenvalue weighted by atomic mass is 10.2. The minimum absolute atomic E-state index is 0.0583. The Morgan fingerprint density at radius 2 is 1.80 bits per heavy atom. The Balaban J connectivity index is 1.42. The van der Waals surface area contributed by atoms with Gasteiger partial charge < -0.3 is 14.5 Å². The maximum atomic E-state index is 12.8. The number of fused-ring (bicyclic) bond motifs is 1. The molecule has 1 saturated heterocycles. The smallest absolute Gasteiger partial charge is 0.240 e. The van der Waals surface area contributed by atoms with Crippen molar-refractivity contribution in [1.82, 2.24) is 4.72 Å². The number of carbonyl (C=O) groups is 1. The number of amides is 1. The van der Waals surface area contributed by atoms with Gasteiger partial charge in [0, 0.05) is 44.0 Å². The minimum atomic E-state index is -3.63. The lowest BCUT2D eigenvalue weighted by Gasteiger charge is -2.28. The molecule has 1 fully saturated rings. The minimum Gasteiger partial charge on any atom is -0.378 e. The van der Waals surface area contributed by atoms with Gasteiger partial charge in [0.15, 0.2) is 0 Å². The zero-order valence-corrected chi connectivity index (χ0v) is 18.0. The van der Waals surface area contributed by atoms with E-state index in [0.29, 0.717) is 19.4 Å². The third kappa shape index (κ3) is 4.35. The van der Waals surface area contributed by atoms with Crippen LogP contribution in [0.1, 0.15) is 24.5 Å². The van der Waals surface area contributed by atoms with E-state index in [1.807, 2.05) is 31.2 Å². The van der Waals surface area contributed by atoms with Gasteiger partial charge >= 0.3 is 0 Å². The van der Waals surface area contributed by atoms with Crippen molar-refractivity contribution in [3.05, 3.63) is 53.6 Å². The van der Waals surface area contributed by atoms with E-state index in [9.17, 15) is 13.2 Å². The highest BCUT2D eigenvalue weighted by Crippen LogP contribution is 2.30. The van der Waals surface area contributed by atoms with E-state index < -0.39 is 10.0 Å². The summed E-state index contributed by atoms with van der Waals surface area (Å²) in [4.78, 5) is 16.3. The fourth-order valence-corrected chi connectivity index (χ4v) is 4.97. The molecular weight excluding hydrogens is 402 g/mol. The van der Waals surface area contributed by atoms with Gasteiger partial charge in [-0.2, -0.15) is 0 Å². The van der Waals surface area contributed by atoms with Crippen molar-refractivity contribution in [3.8, 4) is 0 Å². The number of morpholine rings is 1. The zero-order chi connectivity index (χ0) is 21.1. The zero-order valence-electron chi connectivity index (χ0n) is 17.1. The summed E-state index contributed by atoms with van der Waals surface area (Å²) in [5, 5.41) is 0. The number of hydrogen-bond donors (Lipinski definition) is 1. The Kier molecular flexibility index (Phi) is 6.08. The molecule has 8 heteroatoms. The van der Waals surface area contributed by atoms with E-state index in [-0.39, 0.29) is 17.3 Å². The van der Waals surface area contributed by atoms with Crippen LogP contribution >= 0.6 is 0 Å². The van der Waals surface area contributed by atoms with Crippen LogP contribution in [0.5, 0.6) is 0 Å². The Labute approximate surface area is 177 Å². The molecule has 0 spiro atoms. The summed E-state index contributed by atoms with van der Waals surface area (Å²) in [6.45, 7) is 5.85. The van der Waals surface area contributed by atoms with Crippen LogP contribution in [0.4, 0.5) is 11.4 Å². The molecule has 0 aliphatic carbocycles. The summed E-state index contributed by atoms with van der Waals surface area (Å²) in [5.74, 6) is 0.0583. The number of nitrogens with zero attached hydrogens (tertiary/aromatic N) is 2. The van der Waals surface area contributed by atoms with Crippen LogP contribution in [0.3, 0.4) is 0 Å². The van der Waals surface area contributed by atoms with Gasteiger partial charge in [0.25, 0.3) is 0 Å². The number of hydrogen-bond acceptors (Lipinski definition) is 5. The van der Waals surface area contributed by atoms with Crippen molar-refractivity contribution < 1.29 is 17.9 Å². The second-order valence-corrected chi connectivity index (χ2v) is 9.30. The van der Waals surface area contributed by atoms with Gasteiger partial charge in [0.2, 0.25) is 15.9 Å². The molecule has 1 N–H and O–H groups in total. The molecule has 2 aliphatic rings. The molecule has 30 heavy (non-hydrogen) atoms. The third-order valence-electron chi connectivity index (χ3n) is 5.64. The monoisotopic (exact) mass is 429 g/mol. The largest absolute Gasteiger partial charge is 0.378 e. The molecule has 0 bridgehead atoms. The van der Waals surface area contributed by atoms with E-state index in [2.05, 4.69) is 9.62 Å². The SMILES string of the molecule is CCC(=O)N1CCc2cc(S(=O)(=O)NCc3ccc(N4CCOCC4)cc3)ccc21. The van der Waals surface area contributed by atoms with Crippen LogP contribution in [-0.2, 0) is 32.5 Å². The average Bonchev–Trinajstić information content (AvgIpc) is 3.21. The summed E-state index contributed by atoms with van der Waals surface area (Å²) >= 11 is 0.